The van der Waals surface area contributed by atoms with E-state index < -0.39 is 0 Å². The second-order valence-corrected chi connectivity index (χ2v) is 10.1. The second-order valence-electron chi connectivity index (χ2n) is 10.1. The van der Waals surface area contributed by atoms with Gasteiger partial charge in [0.15, 0.2) is 0 Å². The van der Waals surface area contributed by atoms with Gasteiger partial charge in [0.1, 0.15) is 18.1 Å². The molecule has 0 saturated carbocycles. The van der Waals surface area contributed by atoms with Crippen molar-refractivity contribution in [2.75, 3.05) is 0 Å². The number of hydrogen-bond acceptors (Lipinski definition) is 2. The minimum Gasteiger partial charge on any atom is -0.487 e. The maximum atomic E-state index is 6.20. The van der Waals surface area contributed by atoms with Crippen molar-refractivity contribution in [3.8, 4) is 0 Å². The summed E-state index contributed by atoms with van der Waals surface area (Å²) in [6, 6.07) is 18.6. The van der Waals surface area contributed by atoms with E-state index in [9.17, 15) is 0 Å². The number of nitrogens with one attached hydrogen (secondary N) is 2. The van der Waals surface area contributed by atoms with Crippen molar-refractivity contribution < 1.29 is 4.74 Å². The van der Waals surface area contributed by atoms with Gasteiger partial charge in [-0.3, -0.25) is 0 Å². The molecule has 2 N–H and O–H groups in total. The van der Waals surface area contributed by atoms with Crippen molar-refractivity contribution in [2.45, 2.75) is 90.6 Å². The zero-order valence-corrected chi connectivity index (χ0v) is 22.5. The first kappa shape index (κ1) is 26.8. The van der Waals surface area contributed by atoms with Gasteiger partial charge in [-0.25, -0.2) is 4.99 Å². The van der Waals surface area contributed by atoms with Crippen LogP contribution in [0.25, 0.3) is 6.08 Å². The summed E-state index contributed by atoms with van der Waals surface area (Å²) in [5.74, 6) is 0.801. The number of aryl methyl sites for hydroxylation is 1. The monoisotopic (exact) mass is 497 g/mol. The van der Waals surface area contributed by atoms with E-state index in [0.29, 0.717) is 6.61 Å². The summed E-state index contributed by atoms with van der Waals surface area (Å²) in [7, 11) is 0. The predicted octanol–water partition coefficient (Wildman–Crippen LogP) is 9.14. The van der Waals surface area contributed by atoms with E-state index >= 15 is 0 Å². The molecule has 2 aromatic heterocycles. The van der Waals surface area contributed by atoms with E-state index in [2.05, 4.69) is 47.2 Å². The van der Waals surface area contributed by atoms with Crippen LogP contribution in [-0.4, -0.2) is 15.7 Å². The number of aliphatic imine (C=N–C) groups is 1. The molecular formula is C33H43N3O. The first-order valence-corrected chi connectivity index (χ1v) is 14.3. The molecular weight excluding hydrogens is 454 g/mol. The van der Waals surface area contributed by atoms with E-state index in [0.717, 1.165) is 40.5 Å². The van der Waals surface area contributed by atoms with Gasteiger partial charge in [0.05, 0.1) is 11.4 Å². The third kappa shape index (κ3) is 8.96. The number of H-pyrrole nitrogens is 2. The van der Waals surface area contributed by atoms with Crippen LogP contribution in [0.3, 0.4) is 0 Å². The maximum absolute atomic E-state index is 6.20. The lowest BCUT2D eigenvalue weighted by molar-refractivity contribution is 0.208. The van der Waals surface area contributed by atoms with Crippen LogP contribution in [0.5, 0.6) is 0 Å². The summed E-state index contributed by atoms with van der Waals surface area (Å²) in [5, 5.41) is 0. The maximum Gasteiger partial charge on any atom is 0.147 e. The molecule has 0 bridgehead atoms. The molecule has 0 atom stereocenters. The van der Waals surface area contributed by atoms with Gasteiger partial charge in [-0.2, -0.15) is 0 Å². The number of benzene rings is 1. The molecule has 1 aliphatic rings. The molecule has 4 rings (SSSR count). The van der Waals surface area contributed by atoms with E-state index in [1.807, 2.05) is 42.6 Å². The molecule has 1 aromatic carbocycles. The minimum atomic E-state index is 0.520. The number of aromatic nitrogens is 2. The quantitative estimate of drug-likeness (QED) is 0.179. The normalized spacial score (nSPS) is 14.2. The van der Waals surface area contributed by atoms with Gasteiger partial charge in [-0.05, 0) is 48.7 Å². The first-order chi connectivity index (χ1) is 18.3. The molecule has 0 unspecified atom stereocenters. The summed E-state index contributed by atoms with van der Waals surface area (Å²) >= 11 is 0. The molecule has 0 spiro atoms. The van der Waals surface area contributed by atoms with Gasteiger partial charge < -0.3 is 14.7 Å². The van der Waals surface area contributed by atoms with Crippen molar-refractivity contribution in [3.05, 3.63) is 101 Å². The number of hydrogen-bond donors (Lipinski definition) is 2. The van der Waals surface area contributed by atoms with Crippen LogP contribution >= 0.6 is 0 Å². The van der Waals surface area contributed by atoms with Gasteiger partial charge >= 0.3 is 0 Å². The Bertz CT molecular complexity index is 1140. The Labute approximate surface area is 223 Å². The molecule has 1 aliphatic heterocycles. The van der Waals surface area contributed by atoms with E-state index in [1.54, 1.807) is 0 Å². The summed E-state index contributed by atoms with van der Waals surface area (Å²) < 4.78 is 6.20. The summed E-state index contributed by atoms with van der Waals surface area (Å²) in [6.45, 7) is 2.80. The summed E-state index contributed by atoms with van der Waals surface area (Å²) in [4.78, 5) is 11.7. The average Bonchev–Trinajstić information content (AvgIpc) is 3.69. The van der Waals surface area contributed by atoms with Crippen LogP contribution in [0.2, 0.25) is 0 Å². The number of nitrogens with zero attached hydrogens (tertiary/aromatic N) is 1. The SMILES string of the molecule is CCCCCCCCCCCCCc1ccc(/C=C2\N=C(c3ccc[nH]3)C=C2OCc2ccccc2)[nH]1. The molecule has 4 nitrogen and oxygen atoms in total. The zero-order valence-electron chi connectivity index (χ0n) is 22.5. The lowest BCUT2D eigenvalue weighted by atomic mass is 10.0. The third-order valence-corrected chi connectivity index (χ3v) is 6.98. The zero-order chi connectivity index (χ0) is 25.5. The average molecular weight is 498 g/mol. The number of unbranched alkanes of at least 4 members (excludes halogenated alkanes) is 10. The first-order valence-electron chi connectivity index (χ1n) is 14.3. The van der Waals surface area contributed by atoms with Crippen LogP contribution in [-0.2, 0) is 17.8 Å². The largest absolute Gasteiger partial charge is 0.487 e. The highest BCUT2D eigenvalue weighted by atomic mass is 16.5. The Morgan fingerprint density at radius 2 is 1.51 bits per heavy atom. The Hall–Kier alpha value is -3.27. The molecule has 0 radical (unpaired) electrons. The van der Waals surface area contributed by atoms with Crippen LogP contribution < -0.4 is 0 Å². The third-order valence-electron chi connectivity index (χ3n) is 6.98. The van der Waals surface area contributed by atoms with Gasteiger partial charge in [0.2, 0.25) is 0 Å². The number of allylic oxidation sites excluding steroid dienone is 1. The van der Waals surface area contributed by atoms with Crippen molar-refractivity contribution in [1.29, 1.82) is 0 Å². The molecule has 37 heavy (non-hydrogen) atoms. The fraction of sp³-hybridized carbons (Fsp3) is 0.424. The summed E-state index contributed by atoms with van der Waals surface area (Å²) in [6.07, 6.45) is 22.3. The van der Waals surface area contributed by atoms with Gasteiger partial charge in [-0.1, -0.05) is 101 Å². The standard InChI is InChI=1S/C33H43N3O/c1-2-3-4-5-6-7-8-9-10-11-15-19-28-21-22-29(35-28)24-32-33(37-26-27-17-13-12-14-18-27)25-31(36-32)30-20-16-23-34-30/h12-14,16-18,20-25,34-35H,2-11,15,19,26H2,1H3/b32-24-. The fourth-order valence-electron chi connectivity index (χ4n) is 4.81. The Kier molecular flexibility index (Phi) is 10.9. The molecule has 4 heteroatoms. The molecule has 0 aliphatic carbocycles. The van der Waals surface area contributed by atoms with Gasteiger partial charge in [0.25, 0.3) is 0 Å². The van der Waals surface area contributed by atoms with Gasteiger partial charge in [0, 0.05) is 23.7 Å². The molecule has 3 heterocycles. The highest BCUT2D eigenvalue weighted by Gasteiger charge is 2.18. The number of ether oxygens (including phenoxy) is 1. The predicted molar refractivity (Wildman–Crippen MR) is 156 cm³/mol. The van der Waals surface area contributed by atoms with Crippen molar-refractivity contribution in [2.24, 2.45) is 4.99 Å². The van der Waals surface area contributed by atoms with E-state index in [-0.39, 0.29) is 0 Å². The van der Waals surface area contributed by atoms with E-state index in [1.165, 1.54) is 76.3 Å². The van der Waals surface area contributed by atoms with Crippen LogP contribution in [0.4, 0.5) is 0 Å². The van der Waals surface area contributed by atoms with Crippen molar-refractivity contribution in [1.82, 2.24) is 9.97 Å². The molecule has 3 aromatic rings. The van der Waals surface area contributed by atoms with Gasteiger partial charge in [-0.15, -0.1) is 0 Å². The van der Waals surface area contributed by atoms with Crippen LogP contribution in [0, 0.1) is 0 Å². The Morgan fingerprint density at radius 3 is 2.22 bits per heavy atom. The number of aromatic amines is 2. The molecule has 196 valence electrons. The smallest absolute Gasteiger partial charge is 0.147 e. The minimum absolute atomic E-state index is 0.520. The topological polar surface area (TPSA) is 53.2 Å². The Balaban J connectivity index is 1.25. The fourth-order valence-corrected chi connectivity index (χ4v) is 4.81. The van der Waals surface area contributed by atoms with Crippen molar-refractivity contribution in [3.63, 3.8) is 0 Å². The summed E-state index contributed by atoms with van der Waals surface area (Å²) in [5.41, 5.74) is 6.25. The molecule has 0 saturated heterocycles. The lowest BCUT2D eigenvalue weighted by Crippen LogP contribution is -1.95. The Morgan fingerprint density at radius 1 is 0.784 bits per heavy atom. The highest BCUT2D eigenvalue weighted by Crippen LogP contribution is 2.26. The molecule has 0 fully saturated rings. The highest BCUT2D eigenvalue weighted by molar-refractivity contribution is 6.11. The number of rotatable bonds is 17. The van der Waals surface area contributed by atoms with Crippen molar-refractivity contribution >= 4 is 11.8 Å². The van der Waals surface area contributed by atoms with Crippen LogP contribution in [0.15, 0.2) is 83.3 Å². The lowest BCUT2D eigenvalue weighted by Gasteiger charge is -2.08. The second kappa shape index (κ2) is 15.1. The molecule has 0 amide bonds. The van der Waals surface area contributed by atoms with E-state index in [4.69, 9.17) is 9.73 Å². The van der Waals surface area contributed by atoms with Crippen LogP contribution in [0.1, 0.15) is 100 Å².